The number of urea groups is 1. The summed E-state index contributed by atoms with van der Waals surface area (Å²) in [4.78, 5) is 10.4. The van der Waals surface area contributed by atoms with Crippen LogP contribution in [0.4, 0.5) is 4.79 Å². The topological polar surface area (TPSA) is 73.6 Å². The average molecular weight is 276 g/mol. The van der Waals surface area contributed by atoms with Gasteiger partial charge in [-0.1, -0.05) is 32.1 Å². The fraction of sp³-hybridized carbons (Fsp3) is 0.917. The Morgan fingerprint density at radius 3 is 2.06 bits per heavy atom. The predicted octanol–water partition coefficient (Wildman–Crippen LogP) is 2.36. The molecule has 0 aliphatic heterocycles. The van der Waals surface area contributed by atoms with E-state index in [0.29, 0.717) is 6.54 Å². The van der Waals surface area contributed by atoms with Gasteiger partial charge in [-0.3, -0.25) is 0 Å². The van der Waals surface area contributed by atoms with Crippen LogP contribution in [0.2, 0.25) is 12.6 Å². The van der Waals surface area contributed by atoms with Gasteiger partial charge in [-0.15, -0.1) is 0 Å². The molecule has 0 heterocycles. The number of amides is 2. The van der Waals surface area contributed by atoms with Gasteiger partial charge in [0.1, 0.15) is 0 Å². The van der Waals surface area contributed by atoms with E-state index in [9.17, 15) is 4.79 Å². The summed E-state index contributed by atoms with van der Waals surface area (Å²) in [5, 5.41) is 2.59. The molecule has 108 valence electrons. The fourth-order valence-electron chi connectivity index (χ4n) is 1.78. The van der Waals surface area contributed by atoms with Gasteiger partial charge >= 0.3 is 14.6 Å². The highest BCUT2D eigenvalue weighted by Crippen LogP contribution is 2.17. The van der Waals surface area contributed by atoms with E-state index in [0.717, 1.165) is 18.9 Å². The van der Waals surface area contributed by atoms with E-state index in [1.807, 2.05) is 0 Å². The highest BCUT2D eigenvalue weighted by molar-refractivity contribution is 6.65. The van der Waals surface area contributed by atoms with Gasteiger partial charge in [0.15, 0.2) is 0 Å². The molecule has 0 atom stereocenters. The molecule has 5 nitrogen and oxygen atoms in total. The Morgan fingerprint density at radius 2 is 1.56 bits per heavy atom. The van der Waals surface area contributed by atoms with Crippen LogP contribution in [0.5, 0.6) is 0 Å². The molecule has 0 unspecified atom stereocenters. The van der Waals surface area contributed by atoms with E-state index in [2.05, 4.69) is 11.9 Å². The van der Waals surface area contributed by atoms with E-state index in [1.165, 1.54) is 25.7 Å². The van der Waals surface area contributed by atoms with E-state index in [1.54, 1.807) is 14.2 Å². The van der Waals surface area contributed by atoms with Gasteiger partial charge < -0.3 is 19.9 Å². The molecule has 0 rings (SSSR count). The Kier molecular flexibility index (Phi) is 10.00. The second-order valence-electron chi connectivity index (χ2n) is 4.70. The first kappa shape index (κ1) is 17.4. The number of carbonyl (C=O) groups excluding carboxylic acids is 1. The second-order valence-corrected chi connectivity index (χ2v) is 8.29. The molecule has 0 aliphatic rings. The zero-order valence-electron chi connectivity index (χ0n) is 12.0. The van der Waals surface area contributed by atoms with Crippen molar-refractivity contribution in [3.63, 3.8) is 0 Å². The summed E-state index contributed by atoms with van der Waals surface area (Å²) in [6.45, 7) is 2.79. The number of hydrogen-bond donors (Lipinski definition) is 2. The Bertz CT molecular complexity index is 223. The van der Waals surface area contributed by atoms with Crippen molar-refractivity contribution in [1.82, 2.24) is 5.32 Å². The molecule has 0 aromatic carbocycles. The maximum absolute atomic E-state index is 10.4. The van der Waals surface area contributed by atoms with Crippen molar-refractivity contribution in [2.24, 2.45) is 5.73 Å². The molecule has 0 aromatic rings. The third-order valence-corrected chi connectivity index (χ3v) is 6.21. The summed E-state index contributed by atoms with van der Waals surface area (Å²) in [5.74, 6) is 0. The second kappa shape index (κ2) is 10.3. The summed E-state index contributed by atoms with van der Waals surface area (Å²) >= 11 is 0. The van der Waals surface area contributed by atoms with Crippen molar-refractivity contribution in [3.05, 3.63) is 0 Å². The molecule has 0 bridgehead atoms. The Hall–Kier alpha value is -0.593. The molecule has 0 saturated heterocycles. The molecule has 2 amide bonds. The monoisotopic (exact) mass is 276 g/mol. The van der Waals surface area contributed by atoms with Crippen LogP contribution < -0.4 is 11.1 Å². The van der Waals surface area contributed by atoms with Crippen molar-refractivity contribution in [1.29, 1.82) is 0 Å². The SMILES string of the molecule is CO[Si](C)(CCCCCCCCNC(N)=O)OC. The van der Waals surface area contributed by atoms with Crippen molar-refractivity contribution in [3.8, 4) is 0 Å². The van der Waals surface area contributed by atoms with Crippen LogP contribution in [0.15, 0.2) is 0 Å². The Labute approximate surface area is 112 Å². The first-order valence-electron chi connectivity index (χ1n) is 6.67. The zero-order chi connectivity index (χ0) is 13.9. The van der Waals surface area contributed by atoms with Crippen LogP contribution in [0.25, 0.3) is 0 Å². The molecule has 0 radical (unpaired) electrons. The molecule has 0 saturated carbocycles. The van der Waals surface area contributed by atoms with Crippen molar-refractivity contribution in [2.75, 3.05) is 20.8 Å². The first-order valence-corrected chi connectivity index (χ1v) is 9.20. The molecule has 0 spiro atoms. The van der Waals surface area contributed by atoms with Gasteiger partial charge in [0.05, 0.1) is 0 Å². The van der Waals surface area contributed by atoms with E-state index >= 15 is 0 Å². The standard InChI is InChI=1S/C12H28N2O3Si/c1-16-18(3,17-2)11-9-7-5-4-6-8-10-14-12(13)15/h4-11H2,1-3H3,(H3,13,14,15). The lowest BCUT2D eigenvalue weighted by atomic mass is 10.1. The minimum absolute atomic E-state index is 0.432. The maximum Gasteiger partial charge on any atom is 0.334 e. The maximum atomic E-state index is 10.4. The third-order valence-electron chi connectivity index (χ3n) is 3.22. The summed E-state index contributed by atoms with van der Waals surface area (Å²) in [6.07, 6.45) is 6.98. The van der Waals surface area contributed by atoms with Crippen molar-refractivity contribution >= 4 is 14.6 Å². The highest BCUT2D eigenvalue weighted by Gasteiger charge is 2.27. The smallest absolute Gasteiger partial charge is 0.334 e. The van der Waals surface area contributed by atoms with Crippen molar-refractivity contribution in [2.45, 2.75) is 51.1 Å². The molecule has 6 heteroatoms. The lowest BCUT2D eigenvalue weighted by Crippen LogP contribution is -2.35. The molecular weight excluding hydrogens is 248 g/mol. The van der Waals surface area contributed by atoms with Gasteiger partial charge in [0.2, 0.25) is 0 Å². The number of unbranched alkanes of at least 4 members (excludes halogenated alkanes) is 5. The number of nitrogens with two attached hydrogens (primary N) is 1. The van der Waals surface area contributed by atoms with Crippen LogP contribution in [0.1, 0.15) is 38.5 Å². The van der Waals surface area contributed by atoms with E-state index in [4.69, 9.17) is 14.6 Å². The molecule has 3 N–H and O–H groups in total. The minimum Gasteiger partial charge on any atom is -0.398 e. The third kappa shape index (κ3) is 9.44. The van der Waals surface area contributed by atoms with Gasteiger partial charge in [0.25, 0.3) is 0 Å². The molecular formula is C12H28N2O3Si. The van der Waals surface area contributed by atoms with Crippen LogP contribution in [0, 0.1) is 0 Å². The minimum atomic E-state index is -1.85. The Morgan fingerprint density at radius 1 is 1.06 bits per heavy atom. The Balaban J connectivity index is 3.28. The summed E-state index contributed by atoms with van der Waals surface area (Å²) in [6, 6.07) is 0.627. The van der Waals surface area contributed by atoms with E-state index < -0.39 is 14.6 Å². The van der Waals surface area contributed by atoms with Crippen LogP contribution >= 0.6 is 0 Å². The normalized spacial score (nSPS) is 11.5. The van der Waals surface area contributed by atoms with Crippen LogP contribution in [-0.4, -0.2) is 35.4 Å². The number of hydrogen-bond acceptors (Lipinski definition) is 3. The lowest BCUT2D eigenvalue weighted by molar-refractivity contribution is 0.248. The summed E-state index contributed by atoms with van der Waals surface area (Å²) in [5.41, 5.74) is 4.97. The number of carbonyl (C=O) groups is 1. The molecule has 0 aromatic heterocycles. The van der Waals surface area contributed by atoms with Gasteiger partial charge in [0, 0.05) is 20.8 Å². The highest BCUT2D eigenvalue weighted by atomic mass is 28.4. The number of rotatable bonds is 11. The quantitative estimate of drug-likeness (QED) is 0.449. The van der Waals surface area contributed by atoms with Gasteiger partial charge in [-0.2, -0.15) is 0 Å². The molecule has 0 aliphatic carbocycles. The van der Waals surface area contributed by atoms with Crippen LogP contribution in [-0.2, 0) is 8.85 Å². The predicted molar refractivity (Wildman–Crippen MR) is 75.7 cm³/mol. The van der Waals surface area contributed by atoms with Gasteiger partial charge in [-0.05, 0) is 19.0 Å². The first-order chi connectivity index (χ1) is 8.54. The molecule has 0 fully saturated rings. The number of nitrogens with one attached hydrogen (secondary N) is 1. The van der Waals surface area contributed by atoms with Crippen LogP contribution in [0.3, 0.4) is 0 Å². The lowest BCUT2D eigenvalue weighted by Gasteiger charge is -2.22. The van der Waals surface area contributed by atoms with Gasteiger partial charge in [-0.25, -0.2) is 4.79 Å². The fourth-order valence-corrected chi connectivity index (χ4v) is 3.24. The molecule has 18 heavy (non-hydrogen) atoms. The largest absolute Gasteiger partial charge is 0.398 e. The van der Waals surface area contributed by atoms with Crippen molar-refractivity contribution < 1.29 is 13.6 Å². The van der Waals surface area contributed by atoms with E-state index in [-0.39, 0.29) is 0 Å². The average Bonchev–Trinajstić information content (AvgIpc) is 2.36. The number of primary amides is 1. The summed E-state index contributed by atoms with van der Waals surface area (Å²) < 4.78 is 10.9. The zero-order valence-corrected chi connectivity index (χ0v) is 13.0. The summed E-state index contributed by atoms with van der Waals surface area (Å²) in [7, 11) is 1.62.